The molecule has 1 amide bonds. The molecule has 0 aliphatic rings. The third kappa shape index (κ3) is 7.23. The minimum Gasteiger partial charge on any atom is -0.497 e. The fraction of sp³-hybridized carbons (Fsp3) is 0.259. The summed E-state index contributed by atoms with van der Waals surface area (Å²) in [6, 6.07) is 18.1. The van der Waals surface area contributed by atoms with Gasteiger partial charge in [0.25, 0.3) is 15.9 Å². The quantitative estimate of drug-likeness (QED) is 0.281. The van der Waals surface area contributed by atoms with Crippen molar-refractivity contribution in [2.24, 2.45) is 5.10 Å². The number of hydrogen-bond acceptors (Lipinski definition) is 7. The average Bonchev–Trinajstić information content (AvgIpc) is 2.89. The molecule has 0 bridgehead atoms. The van der Waals surface area contributed by atoms with Gasteiger partial charge in [-0.1, -0.05) is 17.7 Å². The second-order valence-electron chi connectivity index (χ2n) is 7.89. The number of anilines is 1. The lowest BCUT2D eigenvalue weighted by atomic mass is 10.2. The number of methoxy groups -OCH3 is 1. The molecule has 10 heteroatoms. The summed E-state index contributed by atoms with van der Waals surface area (Å²) in [7, 11) is -2.52. The Bertz CT molecular complexity index is 1320. The zero-order valence-electron chi connectivity index (χ0n) is 21.3. The van der Waals surface area contributed by atoms with Gasteiger partial charge in [0.05, 0.1) is 37.1 Å². The van der Waals surface area contributed by atoms with E-state index in [0.29, 0.717) is 41.7 Å². The number of sulfonamides is 1. The lowest BCUT2D eigenvalue weighted by molar-refractivity contribution is -0.119. The molecule has 0 atom stereocenters. The van der Waals surface area contributed by atoms with Gasteiger partial charge in [0.2, 0.25) is 0 Å². The Labute approximate surface area is 217 Å². The maximum atomic E-state index is 13.5. The third-order valence-electron chi connectivity index (χ3n) is 5.23. The van der Waals surface area contributed by atoms with Crippen molar-refractivity contribution in [1.29, 1.82) is 0 Å². The van der Waals surface area contributed by atoms with Crippen LogP contribution in [0, 0.1) is 6.92 Å². The molecule has 0 aliphatic heterocycles. The van der Waals surface area contributed by atoms with Gasteiger partial charge in [-0.15, -0.1) is 0 Å². The van der Waals surface area contributed by atoms with Crippen LogP contribution in [-0.2, 0) is 14.8 Å². The van der Waals surface area contributed by atoms with Crippen LogP contribution >= 0.6 is 0 Å². The van der Waals surface area contributed by atoms with E-state index in [-0.39, 0.29) is 4.90 Å². The summed E-state index contributed by atoms with van der Waals surface area (Å²) >= 11 is 0. The molecular weight excluding hydrogens is 494 g/mol. The average molecular weight is 526 g/mol. The molecule has 3 aromatic carbocycles. The Kier molecular flexibility index (Phi) is 9.51. The van der Waals surface area contributed by atoms with Crippen molar-refractivity contribution < 1.29 is 27.4 Å². The largest absolute Gasteiger partial charge is 0.497 e. The second kappa shape index (κ2) is 12.8. The summed E-state index contributed by atoms with van der Waals surface area (Å²) in [6.07, 6.45) is 1.45. The van der Waals surface area contributed by atoms with Gasteiger partial charge in [0, 0.05) is 0 Å². The van der Waals surface area contributed by atoms with Crippen molar-refractivity contribution in [1.82, 2.24) is 5.43 Å². The first kappa shape index (κ1) is 27.5. The number of nitrogens with one attached hydrogen (secondary N) is 1. The van der Waals surface area contributed by atoms with E-state index < -0.39 is 22.5 Å². The number of hydrazone groups is 1. The molecule has 0 unspecified atom stereocenters. The molecule has 196 valence electrons. The highest BCUT2D eigenvalue weighted by atomic mass is 32.2. The summed E-state index contributed by atoms with van der Waals surface area (Å²) in [5, 5.41) is 4.00. The van der Waals surface area contributed by atoms with Gasteiger partial charge in [0.1, 0.15) is 12.3 Å². The monoisotopic (exact) mass is 525 g/mol. The lowest BCUT2D eigenvalue weighted by Gasteiger charge is -2.24. The smallest absolute Gasteiger partial charge is 0.264 e. The van der Waals surface area contributed by atoms with Crippen molar-refractivity contribution in [3.05, 3.63) is 77.9 Å². The van der Waals surface area contributed by atoms with Crippen molar-refractivity contribution in [2.75, 3.05) is 31.2 Å². The van der Waals surface area contributed by atoms with E-state index in [4.69, 9.17) is 14.2 Å². The highest BCUT2D eigenvalue weighted by Crippen LogP contribution is 2.28. The lowest BCUT2D eigenvalue weighted by Crippen LogP contribution is -2.39. The van der Waals surface area contributed by atoms with Crippen LogP contribution in [0.4, 0.5) is 5.69 Å². The summed E-state index contributed by atoms with van der Waals surface area (Å²) < 4.78 is 44.3. The van der Waals surface area contributed by atoms with Crippen LogP contribution in [0.2, 0.25) is 0 Å². The van der Waals surface area contributed by atoms with Gasteiger partial charge in [-0.05, 0) is 80.9 Å². The standard InChI is InChI=1S/C27H31N3O6S/c1-5-35-25-16-9-21(17-26(25)36-6-2)18-28-29-27(31)19-30(22-10-12-23(34-4)13-11-22)37(32,33)24-14-7-20(3)8-15-24/h7-18H,5-6,19H2,1-4H3,(H,29,31)/b28-18-. The molecule has 0 heterocycles. The summed E-state index contributed by atoms with van der Waals surface area (Å²) in [5.74, 6) is 1.13. The Balaban J connectivity index is 1.80. The molecule has 0 spiro atoms. The number of aryl methyl sites for hydroxylation is 1. The number of carbonyl (C=O) groups excluding carboxylic acids is 1. The van der Waals surface area contributed by atoms with E-state index in [1.54, 1.807) is 54.6 Å². The molecule has 37 heavy (non-hydrogen) atoms. The number of ether oxygens (including phenoxy) is 3. The van der Waals surface area contributed by atoms with Crippen LogP contribution in [0.3, 0.4) is 0 Å². The number of nitrogens with zero attached hydrogens (tertiary/aromatic N) is 2. The molecule has 0 aliphatic carbocycles. The normalized spacial score (nSPS) is 11.2. The van der Waals surface area contributed by atoms with Crippen LogP contribution in [0.15, 0.2) is 76.7 Å². The van der Waals surface area contributed by atoms with Crippen LogP contribution in [-0.4, -0.2) is 47.4 Å². The summed E-state index contributed by atoms with van der Waals surface area (Å²) in [4.78, 5) is 12.9. The fourth-order valence-corrected chi connectivity index (χ4v) is 4.81. The highest BCUT2D eigenvalue weighted by molar-refractivity contribution is 7.92. The van der Waals surface area contributed by atoms with Gasteiger partial charge >= 0.3 is 0 Å². The van der Waals surface area contributed by atoms with Crippen molar-refractivity contribution >= 4 is 27.8 Å². The summed E-state index contributed by atoms with van der Waals surface area (Å²) in [5.41, 5.74) is 4.31. The first-order valence-electron chi connectivity index (χ1n) is 11.7. The van der Waals surface area contributed by atoms with E-state index in [9.17, 15) is 13.2 Å². The first-order chi connectivity index (χ1) is 17.8. The molecule has 1 N–H and O–H groups in total. The maximum Gasteiger partial charge on any atom is 0.264 e. The van der Waals surface area contributed by atoms with Gasteiger partial charge < -0.3 is 14.2 Å². The van der Waals surface area contributed by atoms with Crippen LogP contribution < -0.4 is 23.9 Å². The molecule has 0 saturated carbocycles. The number of hydrogen-bond donors (Lipinski definition) is 1. The van der Waals surface area contributed by atoms with Crippen LogP contribution in [0.5, 0.6) is 17.2 Å². The molecule has 0 saturated heterocycles. The minimum atomic E-state index is -4.04. The second-order valence-corrected chi connectivity index (χ2v) is 9.75. The van der Waals surface area contributed by atoms with E-state index in [1.165, 1.54) is 25.5 Å². The predicted molar refractivity (Wildman–Crippen MR) is 143 cm³/mol. The Morgan fingerprint density at radius 3 is 2.22 bits per heavy atom. The van der Waals surface area contributed by atoms with Crippen LogP contribution in [0.1, 0.15) is 25.0 Å². The number of benzene rings is 3. The molecule has 0 radical (unpaired) electrons. The van der Waals surface area contributed by atoms with Gasteiger partial charge in [-0.3, -0.25) is 9.10 Å². The molecule has 0 fully saturated rings. The topological polar surface area (TPSA) is 107 Å². The zero-order chi connectivity index (χ0) is 26.8. The highest BCUT2D eigenvalue weighted by Gasteiger charge is 2.27. The van der Waals surface area contributed by atoms with Crippen molar-refractivity contribution in [2.45, 2.75) is 25.7 Å². The van der Waals surface area contributed by atoms with E-state index >= 15 is 0 Å². The maximum absolute atomic E-state index is 13.5. The summed E-state index contributed by atoms with van der Waals surface area (Å²) in [6.45, 7) is 6.11. The SMILES string of the molecule is CCOc1ccc(/C=N\NC(=O)CN(c2ccc(OC)cc2)S(=O)(=O)c2ccc(C)cc2)cc1OCC. The minimum absolute atomic E-state index is 0.0723. The van der Waals surface area contributed by atoms with Gasteiger partial charge in [-0.25, -0.2) is 13.8 Å². The predicted octanol–water partition coefficient (Wildman–Crippen LogP) is 4.15. The Hall–Kier alpha value is -4.05. The molecular formula is C27H31N3O6S. The van der Waals surface area contributed by atoms with Crippen molar-refractivity contribution in [3.8, 4) is 17.2 Å². The third-order valence-corrected chi connectivity index (χ3v) is 7.01. The number of rotatable bonds is 12. The molecule has 0 aromatic heterocycles. The van der Waals surface area contributed by atoms with Crippen LogP contribution in [0.25, 0.3) is 0 Å². The molecule has 3 aromatic rings. The van der Waals surface area contributed by atoms with E-state index in [2.05, 4.69) is 10.5 Å². The first-order valence-corrected chi connectivity index (χ1v) is 13.2. The van der Waals surface area contributed by atoms with E-state index in [0.717, 1.165) is 9.87 Å². The number of carbonyl (C=O) groups is 1. The van der Waals surface area contributed by atoms with Gasteiger partial charge in [-0.2, -0.15) is 5.10 Å². The fourth-order valence-electron chi connectivity index (χ4n) is 3.39. The Morgan fingerprint density at radius 2 is 1.59 bits per heavy atom. The molecule has 3 rings (SSSR count). The Morgan fingerprint density at radius 1 is 0.946 bits per heavy atom. The molecule has 9 nitrogen and oxygen atoms in total. The van der Waals surface area contributed by atoms with Crippen molar-refractivity contribution in [3.63, 3.8) is 0 Å². The number of amides is 1. The zero-order valence-corrected chi connectivity index (χ0v) is 22.1. The van der Waals surface area contributed by atoms with E-state index in [1.807, 2.05) is 20.8 Å². The van der Waals surface area contributed by atoms with Gasteiger partial charge in [0.15, 0.2) is 11.5 Å².